The summed E-state index contributed by atoms with van der Waals surface area (Å²) in [6.45, 7) is 3.19. The van der Waals surface area contributed by atoms with E-state index in [2.05, 4.69) is 5.32 Å². The molecule has 0 saturated heterocycles. The van der Waals surface area contributed by atoms with Crippen LogP contribution in [0.5, 0.6) is 17.2 Å². The molecular weight excluding hydrogens is 396 g/mol. The highest BCUT2D eigenvalue weighted by molar-refractivity contribution is 5.96. The Morgan fingerprint density at radius 2 is 1.77 bits per heavy atom. The highest BCUT2D eigenvalue weighted by atomic mass is 16.6. The Morgan fingerprint density at radius 1 is 1.10 bits per heavy atom. The van der Waals surface area contributed by atoms with E-state index in [9.17, 15) is 19.7 Å². The predicted molar refractivity (Wildman–Crippen MR) is 107 cm³/mol. The van der Waals surface area contributed by atoms with Crippen molar-refractivity contribution in [3.8, 4) is 17.2 Å². The van der Waals surface area contributed by atoms with E-state index >= 15 is 0 Å². The van der Waals surface area contributed by atoms with Crippen molar-refractivity contribution in [2.45, 2.75) is 20.0 Å². The fourth-order valence-corrected chi connectivity index (χ4v) is 2.41. The van der Waals surface area contributed by atoms with E-state index in [4.69, 9.17) is 18.9 Å². The third-order valence-corrected chi connectivity index (χ3v) is 3.82. The molecule has 2 aromatic rings. The molecule has 0 aliphatic heterocycles. The highest BCUT2D eigenvalue weighted by Gasteiger charge is 2.21. The van der Waals surface area contributed by atoms with Gasteiger partial charge in [-0.15, -0.1) is 0 Å². The molecule has 0 aromatic heterocycles. The molecule has 0 unspecified atom stereocenters. The van der Waals surface area contributed by atoms with Gasteiger partial charge in [0, 0.05) is 12.1 Å². The molecule has 0 heterocycles. The number of benzene rings is 2. The molecule has 0 aliphatic carbocycles. The van der Waals surface area contributed by atoms with Crippen molar-refractivity contribution < 1.29 is 33.5 Å². The van der Waals surface area contributed by atoms with Crippen LogP contribution in [0.15, 0.2) is 42.5 Å². The van der Waals surface area contributed by atoms with Crippen molar-refractivity contribution in [1.29, 1.82) is 0 Å². The second kappa shape index (κ2) is 10.6. The van der Waals surface area contributed by atoms with E-state index in [1.165, 1.54) is 26.2 Å². The first-order valence-electron chi connectivity index (χ1n) is 9.03. The van der Waals surface area contributed by atoms with Crippen LogP contribution in [0.2, 0.25) is 0 Å². The first kappa shape index (κ1) is 22.5. The van der Waals surface area contributed by atoms with Crippen LogP contribution in [0, 0.1) is 10.1 Å². The fourth-order valence-electron chi connectivity index (χ4n) is 2.41. The predicted octanol–water partition coefficient (Wildman–Crippen LogP) is 2.95. The number of hydrogen-bond donors (Lipinski definition) is 1. The Morgan fingerprint density at radius 3 is 2.37 bits per heavy atom. The lowest BCUT2D eigenvalue weighted by Gasteiger charge is -2.16. The minimum atomic E-state index is -1.17. The topological polar surface area (TPSA) is 126 Å². The third kappa shape index (κ3) is 6.09. The molecular formula is C20H22N2O8. The van der Waals surface area contributed by atoms with Crippen LogP contribution in [-0.2, 0) is 14.3 Å². The maximum Gasteiger partial charge on any atom is 0.344 e. The zero-order chi connectivity index (χ0) is 22.1. The molecule has 10 nitrogen and oxygen atoms in total. The quantitative estimate of drug-likeness (QED) is 0.354. The number of non-ortho nitro benzene ring substituents is 1. The van der Waals surface area contributed by atoms with Gasteiger partial charge in [-0.05, 0) is 32.0 Å². The highest BCUT2D eigenvalue weighted by Crippen LogP contribution is 2.29. The molecule has 0 fully saturated rings. The Hall–Kier alpha value is -3.82. The van der Waals surface area contributed by atoms with E-state index in [-0.39, 0.29) is 17.1 Å². The van der Waals surface area contributed by atoms with Crippen molar-refractivity contribution in [2.24, 2.45) is 0 Å². The maximum atomic E-state index is 12.3. The molecule has 10 heteroatoms. The monoisotopic (exact) mass is 418 g/mol. The van der Waals surface area contributed by atoms with Crippen molar-refractivity contribution in [2.75, 3.05) is 25.6 Å². The minimum Gasteiger partial charge on any atom is -0.495 e. The Balaban J connectivity index is 1.95. The van der Waals surface area contributed by atoms with E-state index in [1.807, 2.05) is 6.92 Å². The summed E-state index contributed by atoms with van der Waals surface area (Å²) >= 11 is 0. The van der Waals surface area contributed by atoms with E-state index < -0.39 is 29.5 Å². The number of amides is 1. The number of nitrogens with zero attached hydrogens (tertiary/aromatic N) is 1. The molecule has 0 bridgehead atoms. The number of anilines is 1. The zero-order valence-corrected chi connectivity index (χ0v) is 16.7. The minimum absolute atomic E-state index is 0.0847. The lowest BCUT2D eigenvalue weighted by molar-refractivity contribution is -0.384. The van der Waals surface area contributed by atoms with Crippen molar-refractivity contribution in [1.82, 2.24) is 0 Å². The largest absolute Gasteiger partial charge is 0.495 e. The van der Waals surface area contributed by atoms with Crippen LogP contribution >= 0.6 is 0 Å². The molecule has 1 amide bonds. The average Bonchev–Trinajstić information content (AvgIpc) is 2.73. The van der Waals surface area contributed by atoms with Crippen molar-refractivity contribution in [3.05, 3.63) is 52.6 Å². The van der Waals surface area contributed by atoms with Gasteiger partial charge in [-0.2, -0.15) is 0 Å². The van der Waals surface area contributed by atoms with Gasteiger partial charge in [0.15, 0.2) is 24.2 Å². The van der Waals surface area contributed by atoms with Crippen molar-refractivity contribution >= 4 is 23.3 Å². The number of nitrogens with one attached hydrogen (secondary N) is 1. The number of carbonyl (C=O) groups excluding carboxylic acids is 2. The number of rotatable bonds is 10. The summed E-state index contributed by atoms with van der Waals surface area (Å²) in [6, 6.07) is 10.6. The van der Waals surface area contributed by atoms with Gasteiger partial charge in [-0.3, -0.25) is 14.9 Å². The molecule has 0 saturated carbocycles. The summed E-state index contributed by atoms with van der Waals surface area (Å²) < 4.78 is 21.0. The fraction of sp³-hybridized carbons (Fsp3) is 0.300. The summed E-state index contributed by atoms with van der Waals surface area (Å²) in [7, 11) is 1.36. The number of methoxy groups -OCH3 is 1. The van der Waals surface area contributed by atoms with Crippen LogP contribution in [0.3, 0.4) is 0 Å². The van der Waals surface area contributed by atoms with Gasteiger partial charge in [-0.1, -0.05) is 12.1 Å². The van der Waals surface area contributed by atoms with E-state index in [0.717, 1.165) is 6.07 Å². The summed E-state index contributed by atoms with van der Waals surface area (Å²) in [6.07, 6.45) is -1.17. The van der Waals surface area contributed by atoms with Gasteiger partial charge in [-0.25, -0.2) is 4.79 Å². The standard InChI is InChI=1S/C20H22N2O8/c1-4-28-17-7-5-6-8-18(17)29-12-19(23)30-13(2)20(24)21-15-11-14(22(25)26)9-10-16(15)27-3/h5-11,13H,4,12H2,1-3H3,(H,21,24)/t13-/m1/s1. The van der Waals surface area contributed by atoms with Crippen LogP contribution in [-0.4, -0.2) is 43.2 Å². The summed E-state index contributed by atoms with van der Waals surface area (Å²) in [5, 5.41) is 13.4. The van der Waals surface area contributed by atoms with Crippen LogP contribution in [0.4, 0.5) is 11.4 Å². The number of para-hydroxylation sites is 2. The molecule has 1 N–H and O–H groups in total. The van der Waals surface area contributed by atoms with Crippen molar-refractivity contribution in [3.63, 3.8) is 0 Å². The lowest BCUT2D eigenvalue weighted by atomic mass is 10.2. The number of carbonyl (C=O) groups is 2. The SMILES string of the molecule is CCOc1ccccc1OCC(=O)O[C@H](C)C(=O)Nc1cc([N+](=O)[O-])ccc1OC. The van der Waals surface area contributed by atoms with Gasteiger partial charge >= 0.3 is 5.97 Å². The number of hydrogen-bond acceptors (Lipinski definition) is 8. The Labute approximate surface area is 172 Å². The second-order valence-corrected chi connectivity index (χ2v) is 5.93. The number of esters is 1. The first-order chi connectivity index (χ1) is 14.3. The van der Waals surface area contributed by atoms with Gasteiger partial charge in [0.1, 0.15) is 5.75 Å². The summed E-state index contributed by atoms with van der Waals surface area (Å²) in [4.78, 5) is 34.7. The second-order valence-electron chi connectivity index (χ2n) is 5.93. The first-order valence-corrected chi connectivity index (χ1v) is 9.03. The molecule has 160 valence electrons. The molecule has 0 aliphatic rings. The van der Waals surface area contributed by atoms with Crippen LogP contribution in [0.25, 0.3) is 0 Å². The van der Waals surface area contributed by atoms with E-state index in [1.54, 1.807) is 24.3 Å². The molecule has 2 aromatic carbocycles. The molecule has 1 atom stereocenters. The molecule has 2 rings (SSSR count). The zero-order valence-electron chi connectivity index (χ0n) is 16.7. The lowest BCUT2D eigenvalue weighted by Crippen LogP contribution is -2.31. The molecule has 30 heavy (non-hydrogen) atoms. The van der Waals surface area contributed by atoms with Crippen LogP contribution in [0.1, 0.15) is 13.8 Å². The third-order valence-electron chi connectivity index (χ3n) is 3.82. The van der Waals surface area contributed by atoms with Gasteiger partial charge in [0.05, 0.1) is 24.3 Å². The van der Waals surface area contributed by atoms with Gasteiger partial charge in [0.2, 0.25) is 0 Å². The maximum absolute atomic E-state index is 12.3. The summed E-state index contributed by atoms with van der Waals surface area (Å²) in [5.41, 5.74) is -0.140. The number of nitro benzene ring substituents is 1. The molecule has 0 radical (unpaired) electrons. The number of nitro groups is 1. The van der Waals surface area contributed by atoms with E-state index in [0.29, 0.717) is 18.1 Å². The smallest absolute Gasteiger partial charge is 0.344 e. The Kier molecular flexibility index (Phi) is 7.98. The van der Waals surface area contributed by atoms with Gasteiger partial charge < -0.3 is 24.3 Å². The molecule has 0 spiro atoms. The summed E-state index contributed by atoms with van der Waals surface area (Å²) in [5.74, 6) is -0.374. The van der Waals surface area contributed by atoms with Crippen LogP contribution < -0.4 is 19.5 Å². The van der Waals surface area contributed by atoms with Gasteiger partial charge in [0.25, 0.3) is 11.6 Å². The number of ether oxygens (including phenoxy) is 4. The Bertz CT molecular complexity index is 915. The normalized spacial score (nSPS) is 11.2. The average molecular weight is 418 g/mol.